The Balaban J connectivity index is 1.60. The number of carbonyl (C=O) groups excluding carboxylic acids is 1. The summed E-state index contributed by atoms with van der Waals surface area (Å²) in [4.78, 5) is 31.0. The number of amides is 1. The second-order valence-electron chi connectivity index (χ2n) is 6.69. The van der Waals surface area contributed by atoms with Gasteiger partial charge in [0.25, 0.3) is 5.56 Å². The molecule has 1 amide bonds. The van der Waals surface area contributed by atoms with E-state index in [0.29, 0.717) is 17.9 Å². The van der Waals surface area contributed by atoms with Gasteiger partial charge in [-0.1, -0.05) is 12.1 Å². The molecule has 1 saturated heterocycles. The number of fused-ring (bicyclic) bond motifs is 1. The number of likely N-dealkylation sites (tertiary alicyclic amines) is 1. The fourth-order valence-corrected chi connectivity index (χ4v) is 3.57. The Morgan fingerprint density at radius 1 is 1.31 bits per heavy atom. The third-order valence-electron chi connectivity index (χ3n) is 4.80. The molecule has 1 fully saturated rings. The number of benzene rings is 1. The van der Waals surface area contributed by atoms with E-state index in [0.717, 1.165) is 24.1 Å². The fourth-order valence-electron chi connectivity index (χ4n) is 3.57. The summed E-state index contributed by atoms with van der Waals surface area (Å²) in [6, 6.07) is 9.19. The predicted octanol–water partition coefficient (Wildman–Crippen LogP) is 2.38. The van der Waals surface area contributed by atoms with Crippen molar-refractivity contribution in [3.8, 4) is 0 Å². The number of hydrogen-bond acceptors (Lipinski definition) is 3. The average molecular weight is 354 g/mol. The van der Waals surface area contributed by atoms with Crippen molar-refractivity contribution in [2.75, 3.05) is 6.54 Å². The van der Waals surface area contributed by atoms with Crippen LogP contribution in [0, 0.1) is 12.7 Å². The van der Waals surface area contributed by atoms with Gasteiger partial charge in [-0.2, -0.15) is 0 Å². The lowest BCUT2D eigenvalue weighted by Crippen LogP contribution is -2.32. The first-order valence-electron chi connectivity index (χ1n) is 8.64. The van der Waals surface area contributed by atoms with Gasteiger partial charge in [0.1, 0.15) is 5.82 Å². The number of nitrogens with one attached hydrogen (secondary N) is 1. The van der Waals surface area contributed by atoms with Crippen molar-refractivity contribution in [2.24, 2.45) is 0 Å². The van der Waals surface area contributed by atoms with Crippen LogP contribution >= 0.6 is 0 Å². The fraction of sp³-hybridized carbons (Fsp3) is 0.316. The van der Waals surface area contributed by atoms with Gasteiger partial charge in [-0.15, -0.1) is 0 Å². The molecule has 1 aliphatic heterocycles. The molecule has 0 spiro atoms. The molecule has 1 N–H and O–H groups in total. The van der Waals surface area contributed by atoms with Crippen molar-refractivity contribution in [2.45, 2.75) is 32.2 Å². The number of aromatic nitrogens is 3. The largest absolute Gasteiger partial charge is 0.334 e. The summed E-state index contributed by atoms with van der Waals surface area (Å²) in [5.74, 6) is -0.319. The molecule has 0 saturated carbocycles. The molecule has 134 valence electrons. The highest BCUT2D eigenvalue weighted by Crippen LogP contribution is 2.31. The number of H-pyrrole nitrogens is 1. The van der Waals surface area contributed by atoms with E-state index < -0.39 is 0 Å². The summed E-state index contributed by atoms with van der Waals surface area (Å²) in [6.07, 6.45) is 1.96. The molecule has 1 aliphatic rings. The smallest absolute Gasteiger partial charge is 0.272 e. The third kappa shape index (κ3) is 3.00. The van der Waals surface area contributed by atoms with E-state index in [-0.39, 0.29) is 29.7 Å². The maximum Gasteiger partial charge on any atom is 0.272 e. The van der Waals surface area contributed by atoms with Gasteiger partial charge in [0.15, 0.2) is 5.65 Å². The summed E-state index contributed by atoms with van der Waals surface area (Å²) in [5, 5.41) is 3.09. The topological polar surface area (TPSA) is 70.5 Å². The minimum atomic E-state index is -0.313. The number of hydrogen-bond donors (Lipinski definition) is 1. The Morgan fingerprint density at radius 2 is 2.08 bits per heavy atom. The minimum Gasteiger partial charge on any atom is -0.334 e. The molecule has 4 rings (SSSR count). The standard InChI is InChI=1S/C19H19FN4O2/c1-12-9-19(26)24-17(21-12)11-15(22-24)16-3-2-8-23(16)18(25)10-13-4-6-14(20)7-5-13/h4-7,9,11,16,22H,2-3,8,10H2,1H3. The van der Waals surface area contributed by atoms with Crippen LogP contribution in [0.15, 0.2) is 41.2 Å². The second-order valence-corrected chi connectivity index (χ2v) is 6.69. The van der Waals surface area contributed by atoms with Gasteiger partial charge in [-0.05, 0) is 37.5 Å². The zero-order chi connectivity index (χ0) is 18.3. The molecule has 26 heavy (non-hydrogen) atoms. The quantitative estimate of drug-likeness (QED) is 0.785. The Morgan fingerprint density at radius 3 is 2.85 bits per heavy atom. The van der Waals surface area contributed by atoms with Gasteiger partial charge in [-0.3, -0.25) is 14.7 Å². The molecule has 7 heteroatoms. The molecule has 0 bridgehead atoms. The maximum atomic E-state index is 13.0. The third-order valence-corrected chi connectivity index (χ3v) is 4.80. The monoisotopic (exact) mass is 354 g/mol. The lowest BCUT2D eigenvalue weighted by atomic mass is 10.1. The number of aryl methyl sites for hydroxylation is 1. The summed E-state index contributed by atoms with van der Waals surface area (Å²) in [7, 11) is 0. The van der Waals surface area contributed by atoms with Crippen molar-refractivity contribution in [3.63, 3.8) is 0 Å². The van der Waals surface area contributed by atoms with Gasteiger partial charge >= 0.3 is 0 Å². The Kier molecular flexibility index (Phi) is 4.06. The van der Waals surface area contributed by atoms with E-state index in [1.807, 2.05) is 11.0 Å². The molecular formula is C19H19FN4O2. The van der Waals surface area contributed by atoms with Gasteiger partial charge in [0.05, 0.1) is 18.2 Å². The van der Waals surface area contributed by atoms with Crippen molar-refractivity contribution in [1.29, 1.82) is 0 Å². The highest BCUT2D eigenvalue weighted by molar-refractivity contribution is 5.79. The van der Waals surface area contributed by atoms with Gasteiger partial charge in [-0.25, -0.2) is 13.9 Å². The number of halogens is 1. The lowest BCUT2D eigenvalue weighted by Gasteiger charge is -2.24. The van der Waals surface area contributed by atoms with E-state index in [4.69, 9.17) is 0 Å². The van der Waals surface area contributed by atoms with Crippen molar-refractivity contribution >= 4 is 11.6 Å². The van der Waals surface area contributed by atoms with Crippen LogP contribution in [0.25, 0.3) is 5.65 Å². The van der Waals surface area contributed by atoms with E-state index >= 15 is 0 Å². The van der Waals surface area contributed by atoms with Gasteiger partial charge < -0.3 is 4.90 Å². The summed E-state index contributed by atoms with van der Waals surface area (Å²) >= 11 is 0. The number of carbonyl (C=O) groups is 1. The molecular weight excluding hydrogens is 335 g/mol. The van der Waals surface area contributed by atoms with E-state index in [9.17, 15) is 14.0 Å². The number of rotatable bonds is 3. The van der Waals surface area contributed by atoms with Gasteiger partial charge in [0.2, 0.25) is 5.91 Å². The molecule has 6 nitrogen and oxygen atoms in total. The zero-order valence-corrected chi connectivity index (χ0v) is 14.4. The summed E-state index contributed by atoms with van der Waals surface area (Å²) in [5.41, 5.74) is 2.65. The highest BCUT2D eigenvalue weighted by Gasteiger charge is 2.31. The average Bonchev–Trinajstić information content (AvgIpc) is 3.23. The van der Waals surface area contributed by atoms with Crippen LogP contribution in [-0.4, -0.2) is 31.9 Å². The highest BCUT2D eigenvalue weighted by atomic mass is 19.1. The Hall–Kier alpha value is -2.96. The molecule has 1 aromatic carbocycles. The summed E-state index contributed by atoms with van der Waals surface area (Å²) in [6.45, 7) is 2.45. The second kappa shape index (κ2) is 6.40. The van der Waals surface area contributed by atoms with Crippen molar-refractivity contribution < 1.29 is 9.18 Å². The molecule has 3 aromatic rings. The molecule has 1 unspecified atom stereocenters. The summed E-state index contributed by atoms with van der Waals surface area (Å²) < 4.78 is 14.4. The lowest BCUT2D eigenvalue weighted by molar-refractivity contribution is -0.131. The van der Waals surface area contributed by atoms with Crippen LogP contribution in [0.3, 0.4) is 0 Å². The first kappa shape index (κ1) is 16.5. The van der Waals surface area contributed by atoms with Crippen molar-refractivity contribution in [1.82, 2.24) is 19.5 Å². The van der Waals surface area contributed by atoms with Crippen LogP contribution in [-0.2, 0) is 11.2 Å². The van der Waals surface area contributed by atoms with Crippen molar-refractivity contribution in [3.05, 3.63) is 69.5 Å². The number of nitrogens with zero attached hydrogens (tertiary/aromatic N) is 3. The molecule has 1 atom stereocenters. The molecule has 2 aromatic heterocycles. The normalized spacial score (nSPS) is 17.2. The minimum absolute atomic E-state index is 0.00532. The Labute approximate surface area is 149 Å². The zero-order valence-electron chi connectivity index (χ0n) is 14.4. The predicted molar refractivity (Wildman–Crippen MR) is 94.3 cm³/mol. The molecule has 3 heterocycles. The molecule has 0 radical (unpaired) electrons. The van der Waals surface area contributed by atoms with Crippen LogP contribution < -0.4 is 5.56 Å². The SMILES string of the molecule is Cc1cc(=O)n2[nH]c(C3CCCN3C(=O)Cc3ccc(F)cc3)cc2n1. The van der Waals surface area contributed by atoms with Gasteiger partial charge in [0, 0.05) is 24.4 Å². The first-order chi connectivity index (χ1) is 12.5. The number of aromatic amines is 1. The maximum absolute atomic E-state index is 13.0. The molecule has 0 aliphatic carbocycles. The van der Waals surface area contributed by atoms with Crippen LogP contribution in [0.5, 0.6) is 0 Å². The van der Waals surface area contributed by atoms with Crippen LogP contribution in [0.2, 0.25) is 0 Å². The Bertz CT molecular complexity index is 1020. The van der Waals surface area contributed by atoms with Crippen LogP contribution in [0.1, 0.15) is 35.8 Å². The first-order valence-corrected chi connectivity index (χ1v) is 8.64. The van der Waals surface area contributed by atoms with E-state index in [1.54, 1.807) is 19.1 Å². The van der Waals surface area contributed by atoms with E-state index in [2.05, 4.69) is 10.1 Å². The van der Waals surface area contributed by atoms with Crippen LogP contribution in [0.4, 0.5) is 4.39 Å². The van der Waals surface area contributed by atoms with E-state index in [1.165, 1.54) is 22.7 Å².